The van der Waals surface area contributed by atoms with Gasteiger partial charge in [0.05, 0.1) is 12.2 Å². The van der Waals surface area contributed by atoms with Gasteiger partial charge in [0, 0.05) is 31.9 Å². The van der Waals surface area contributed by atoms with Crippen LogP contribution in [-0.4, -0.2) is 45.8 Å². The van der Waals surface area contributed by atoms with Gasteiger partial charge in [-0.3, -0.25) is 9.58 Å². The van der Waals surface area contributed by atoms with Crippen molar-refractivity contribution < 1.29 is 9.53 Å². The molecule has 0 saturated heterocycles. The van der Waals surface area contributed by atoms with E-state index in [1.165, 1.54) is 11.9 Å². The Labute approximate surface area is 202 Å². The third-order valence-corrected chi connectivity index (χ3v) is 5.45. The number of nitrogens with one attached hydrogen (secondary N) is 2. The van der Waals surface area contributed by atoms with Crippen LogP contribution >= 0.6 is 0 Å². The quantitative estimate of drug-likeness (QED) is 0.477. The minimum Gasteiger partial charge on any atom is -0.444 e. The zero-order valence-corrected chi connectivity index (χ0v) is 21.1. The normalized spacial score (nSPS) is 15.0. The molecule has 0 radical (unpaired) electrons. The maximum absolute atomic E-state index is 12.0. The summed E-state index contributed by atoms with van der Waals surface area (Å²) in [5, 5.41) is 10.8. The van der Waals surface area contributed by atoms with E-state index in [1.807, 2.05) is 57.5 Å². The summed E-state index contributed by atoms with van der Waals surface area (Å²) in [6.45, 7) is 16.5. The molecule has 0 spiro atoms. The number of rotatable bonds is 6. The SMILES string of the molecule is C=C/N=C(\C=C(/C)c1ccc(CNC(=O)OC(C)(C)C)c(C)c1)Nc1cc2n(n1)CCN(C)C2. The van der Waals surface area contributed by atoms with Crippen LogP contribution in [0.1, 0.15) is 50.1 Å². The fourth-order valence-electron chi connectivity index (χ4n) is 3.70. The maximum atomic E-state index is 12.0. The van der Waals surface area contributed by atoms with Crippen molar-refractivity contribution >= 4 is 23.3 Å². The van der Waals surface area contributed by atoms with Crippen molar-refractivity contribution in [1.29, 1.82) is 0 Å². The largest absolute Gasteiger partial charge is 0.444 e. The summed E-state index contributed by atoms with van der Waals surface area (Å²) >= 11 is 0. The summed E-state index contributed by atoms with van der Waals surface area (Å²) < 4.78 is 7.35. The zero-order chi connectivity index (χ0) is 24.9. The second-order valence-electron chi connectivity index (χ2n) is 9.63. The third-order valence-electron chi connectivity index (χ3n) is 5.45. The summed E-state index contributed by atoms with van der Waals surface area (Å²) in [6, 6.07) is 8.24. The average Bonchev–Trinajstić information content (AvgIpc) is 3.13. The summed E-state index contributed by atoms with van der Waals surface area (Å²) in [4.78, 5) is 18.6. The molecular weight excluding hydrogens is 428 g/mol. The predicted molar refractivity (Wildman–Crippen MR) is 138 cm³/mol. The number of hydrogen-bond acceptors (Lipinski definition) is 5. The first kappa shape index (κ1) is 25.2. The van der Waals surface area contributed by atoms with Crippen LogP contribution in [0, 0.1) is 6.92 Å². The van der Waals surface area contributed by atoms with Crippen LogP contribution in [0.4, 0.5) is 10.6 Å². The van der Waals surface area contributed by atoms with E-state index in [4.69, 9.17) is 4.74 Å². The molecule has 0 aliphatic carbocycles. The molecule has 1 aromatic carbocycles. The molecule has 0 saturated carbocycles. The summed E-state index contributed by atoms with van der Waals surface area (Å²) in [5.41, 5.74) is 4.91. The Kier molecular flexibility index (Phi) is 7.94. The van der Waals surface area contributed by atoms with Gasteiger partial charge in [-0.15, -0.1) is 0 Å². The molecule has 8 heteroatoms. The number of fused-ring (bicyclic) bond motifs is 1. The predicted octanol–water partition coefficient (Wildman–Crippen LogP) is 4.72. The second kappa shape index (κ2) is 10.7. The number of amidine groups is 1. The summed E-state index contributed by atoms with van der Waals surface area (Å²) in [5.74, 6) is 1.44. The van der Waals surface area contributed by atoms with Gasteiger partial charge in [-0.05, 0) is 70.0 Å². The van der Waals surface area contributed by atoms with Crippen LogP contribution < -0.4 is 10.6 Å². The lowest BCUT2D eigenvalue weighted by Crippen LogP contribution is -2.32. The van der Waals surface area contributed by atoms with Gasteiger partial charge in [-0.1, -0.05) is 24.8 Å². The maximum Gasteiger partial charge on any atom is 0.407 e. The van der Waals surface area contributed by atoms with Crippen LogP contribution in [0.5, 0.6) is 0 Å². The molecule has 1 aliphatic rings. The van der Waals surface area contributed by atoms with E-state index in [2.05, 4.69) is 51.4 Å². The van der Waals surface area contributed by atoms with Crippen molar-refractivity contribution in [3.05, 3.63) is 65.5 Å². The lowest BCUT2D eigenvalue weighted by molar-refractivity contribution is 0.0523. The molecule has 3 rings (SSSR count). The monoisotopic (exact) mass is 464 g/mol. The first-order valence-corrected chi connectivity index (χ1v) is 11.5. The van der Waals surface area contributed by atoms with E-state index >= 15 is 0 Å². The number of alkyl carbamates (subject to hydrolysis) is 1. The summed E-state index contributed by atoms with van der Waals surface area (Å²) in [7, 11) is 2.11. The topological polar surface area (TPSA) is 83.8 Å². The van der Waals surface area contributed by atoms with Crippen LogP contribution in [0.25, 0.3) is 5.57 Å². The van der Waals surface area contributed by atoms with Gasteiger partial charge in [0.2, 0.25) is 0 Å². The highest BCUT2D eigenvalue weighted by atomic mass is 16.6. The molecule has 2 aromatic rings. The number of likely N-dealkylation sites (N-methyl/N-ethyl adjacent to an activating group) is 1. The van der Waals surface area contributed by atoms with Crippen LogP contribution in [0.15, 0.2) is 48.1 Å². The van der Waals surface area contributed by atoms with Crippen molar-refractivity contribution in [2.24, 2.45) is 4.99 Å². The molecule has 1 amide bonds. The molecule has 1 aromatic heterocycles. The zero-order valence-electron chi connectivity index (χ0n) is 21.1. The highest BCUT2D eigenvalue weighted by Gasteiger charge is 2.17. The molecule has 0 bridgehead atoms. The fraction of sp³-hybridized carbons (Fsp3) is 0.423. The number of allylic oxidation sites excluding steroid dienone is 1. The number of aromatic nitrogens is 2. The van der Waals surface area contributed by atoms with Crippen molar-refractivity contribution in [3.8, 4) is 0 Å². The second-order valence-corrected chi connectivity index (χ2v) is 9.63. The molecule has 0 fully saturated rings. The Morgan fingerprint density at radius 3 is 2.74 bits per heavy atom. The molecule has 2 N–H and O–H groups in total. The number of hydrogen-bond donors (Lipinski definition) is 2. The van der Waals surface area contributed by atoms with E-state index in [1.54, 1.807) is 0 Å². The minimum atomic E-state index is -0.518. The van der Waals surface area contributed by atoms with Crippen LogP contribution in [0.3, 0.4) is 0 Å². The fourth-order valence-corrected chi connectivity index (χ4v) is 3.70. The van der Waals surface area contributed by atoms with Gasteiger partial charge in [-0.25, -0.2) is 9.79 Å². The van der Waals surface area contributed by atoms with Crippen LogP contribution in [0.2, 0.25) is 0 Å². The van der Waals surface area contributed by atoms with Gasteiger partial charge in [0.25, 0.3) is 0 Å². The molecule has 34 heavy (non-hydrogen) atoms. The first-order chi connectivity index (χ1) is 16.0. The van der Waals surface area contributed by atoms with Gasteiger partial charge >= 0.3 is 6.09 Å². The van der Waals surface area contributed by atoms with Gasteiger partial charge in [0.1, 0.15) is 11.4 Å². The average molecular weight is 465 g/mol. The van der Waals surface area contributed by atoms with Gasteiger partial charge < -0.3 is 15.4 Å². The lowest BCUT2D eigenvalue weighted by atomic mass is 10.0. The first-order valence-electron chi connectivity index (χ1n) is 11.5. The van der Waals surface area contributed by atoms with E-state index in [9.17, 15) is 4.79 Å². The van der Waals surface area contributed by atoms with Crippen molar-refractivity contribution in [2.75, 3.05) is 18.9 Å². The van der Waals surface area contributed by atoms with Crippen molar-refractivity contribution in [3.63, 3.8) is 0 Å². The van der Waals surface area contributed by atoms with Gasteiger partial charge in [0.15, 0.2) is 5.82 Å². The van der Waals surface area contributed by atoms with Crippen molar-refractivity contribution in [2.45, 2.75) is 59.9 Å². The smallest absolute Gasteiger partial charge is 0.407 e. The minimum absolute atomic E-state index is 0.411. The number of ether oxygens (including phenoxy) is 1. The van der Waals surface area contributed by atoms with Crippen LogP contribution in [-0.2, 0) is 24.4 Å². The molecular formula is C26H36N6O2. The number of carbonyl (C=O) groups excluding carboxylic acids is 1. The molecule has 182 valence electrons. The van der Waals surface area contributed by atoms with Crippen molar-refractivity contribution in [1.82, 2.24) is 20.0 Å². The van der Waals surface area contributed by atoms with E-state index in [0.717, 1.165) is 47.7 Å². The molecule has 0 atom stereocenters. The summed E-state index contributed by atoms with van der Waals surface area (Å²) in [6.07, 6.45) is 3.09. The number of amides is 1. The highest BCUT2D eigenvalue weighted by molar-refractivity contribution is 6.07. The number of carbonyl (C=O) groups is 1. The third kappa shape index (κ3) is 7.05. The Balaban J connectivity index is 1.69. The Bertz CT molecular complexity index is 1110. The number of benzene rings is 1. The Hall–Kier alpha value is -3.39. The molecule has 0 unspecified atom stereocenters. The van der Waals surface area contributed by atoms with E-state index < -0.39 is 11.7 Å². The Morgan fingerprint density at radius 1 is 1.29 bits per heavy atom. The highest BCUT2D eigenvalue weighted by Crippen LogP contribution is 2.20. The van der Waals surface area contributed by atoms with E-state index in [-0.39, 0.29) is 0 Å². The number of aryl methyl sites for hydroxylation is 1. The number of nitrogens with zero attached hydrogens (tertiary/aromatic N) is 4. The molecule has 2 heterocycles. The molecule has 8 nitrogen and oxygen atoms in total. The lowest BCUT2D eigenvalue weighted by Gasteiger charge is -2.22. The van der Waals surface area contributed by atoms with E-state index in [0.29, 0.717) is 12.4 Å². The number of anilines is 1. The Morgan fingerprint density at radius 2 is 2.06 bits per heavy atom. The van der Waals surface area contributed by atoms with Gasteiger partial charge in [-0.2, -0.15) is 5.10 Å². The molecule has 1 aliphatic heterocycles. The number of aliphatic imine (C=N–C) groups is 1. The standard InChI is InChI=1S/C26H36N6O2/c1-8-27-23(29-24-15-22-17-31(7)11-12-32(22)30-24)14-19(3)20-9-10-21(18(2)13-20)16-28-25(33)34-26(4,5)6/h8-10,13-15H,1,11-12,16-17H2,2-7H3,(H,28,33)(H,27,29,30)/b19-14+.